The van der Waals surface area contributed by atoms with E-state index in [9.17, 15) is 43.5 Å². The SMILES string of the molecule is CC/C=C\C/C=C\C/C=C\C/C=C\C/C=C\CCCCCCCCCCCCCCCC(=O)OCC(O)COP(=O)(O)OCC(O)COP(=O)(O)OCC(COC(=O)CCCCCCCC/C=C\C/C=C\C/C=C\C/C=C\CC)OC(=O)CCCCCCCCCCCCCCCCC. The molecule has 0 radical (unpaired) electrons. The Morgan fingerprint density at radius 3 is 0.848 bits per heavy atom. The number of ether oxygens (including phenoxy) is 3. The van der Waals surface area contributed by atoms with Crippen LogP contribution in [0.4, 0.5) is 0 Å². The minimum atomic E-state index is -4.93. The molecule has 0 heterocycles. The van der Waals surface area contributed by atoms with Gasteiger partial charge in [-0.2, -0.15) is 0 Å². The third-order valence-electron chi connectivity index (χ3n) is 16.5. The molecule has 5 unspecified atom stereocenters. The van der Waals surface area contributed by atoms with Crippen LogP contribution in [0.2, 0.25) is 0 Å². The summed E-state index contributed by atoms with van der Waals surface area (Å²) in [4.78, 5) is 58.6. The predicted octanol–water partition coefficient (Wildman–Crippen LogP) is 22.8. The van der Waals surface area contributed by atoms with E-state index in [1.807, 2.05) is 0 Å². The van der Waals surface area contributed by atoms with E-state index in [1.54, 1.807) is 0 Å². The summed E-state index contributed by atoms with van der Waals surface area (Å²) >= 11 is 0. The zero-order valence-corrected chi connectivity index (χ0v) is 64.2. The van der Waals surface area contributed by atoms with Crippen molar-refractivity contribution in [2.24, 2.45) is 0 Å². The van der Waals surface area contributed by atoms with Crippen molar-refractivity contribution in [3.8, 4) is 0 Å². The van der Waals surface area contributed by atoms with E-state index >= 15 is 0 Å². The summed E-state index contributed by atoms with van der Waals surface area (Å²) in [6.07, 6.45) is 85.6. The van der Waals surface area contributed by atoms with Crippen LogP contribution >= 0.6 is 15.6 Å². The van der Waals surface area contributed by atoms with Gasteiger partial charge in [0.1, 0.15) is 25.4 Å². The van der Waals surface area contributed by atoms with Crippen LogP contribution in [0.1, 0.15) is 329 Å². The number of hydrogen-bond acceptors (Lipinski definition) is 14. The maximum absolute atomic E-state index is 13.0. The van der Waals surface area contributed by atoms with Crippen LogP contribution in [0.5, 0.6) is 0 Å². The molecule has 4 N–H and O–H groups in total. The van der Waals surface area contributed by atoms with Crippen molar-refractivity contribution < 1.29 is 75.8 Å². The molecule has 0 aromatic rings. The average Bonchev–Trinajstić information content (AvgIpc) is 1.73. The van der Waals surface area contributed by atoms with Gasteiger partial charge in [0.25, 0.3) is 0 Å². The van der Waals surface area contributed by atoms with Gasteiger partial charge in [0.2, 0.25) is 0 Å². The highest BCUT2D eigenvalue weighted by molar-refractivity contribution is 7.47. The second-order valence-electron chi connectivity index (χ2n) is 26.1. The minimum Gasteiger partial charge on any atom is -0.463 e. The number of hydrogen-bond donors (Lipinski definition) is 4. The first-order valence-electron chi connectivity index (χ1n) is 39.2. The van der Waals surface area contributed by atoms with Crippen molar-refractivity contribution in [2.45, 2.75) is 347 Å². The van der Waals surface area contributed by atoms with E-state index in [2.05, 4.69) is 130 Å². The fourth-order valence-corrected chi connectivity index (χ4v) is 12.2. The topological polar surface area (TPSA) is 231 Å². The van der Waals surface area contributed by atoms with Gasteiger partial charge in [0.05, 0.1) is 26.4 Å². The molecule has 16 nitrogen and oxygen atoms in total. The summed E-state index contributed by atoms with van der Waals surface area (Å²) < 4.78 is 61.1. The van der Waals surface area contributed by atoms with Crippen LogP contribution in [-0.2, 0) is 55.8 Å². The van der Waals surface area contributed by atoms with Crippen LogP contribution in [0.15, 0.2) is 109 Å². The number of carbonyl (C=O) groups is 3. The molecule has 0 aliphatic carbocycles. The molecule has 0 fully saturated rings. The second-order valence-corrected chi connectivity index (χ2v) is 29.0. The van der Waals surface area contributed by atoms with Crippen LogP contribution in [0.3, 0.4) is 0 Å². The van der Waals surface area contributed by atoms with Crippen molar-refractivity contribution in [3.63, 3.8) is 0 Å². The molecule has 99 heavy (non-hydrogen) atoms. The predicted molar refractivity (Wildman–Crippen MR) is 408 cm³/mol. The quantitative estimate of drug-likeness (QED) is 0.0146. The molecule has 572 valence electrons. The molecule has 5 atom stereocenters. The van der Waals surface area contributed by atoms with Gasteiger partial charge >= 0.3 is 33.6 Å². The lowest BCUT2D eigenvalue weighted by Crippen LogP contribution is -2.30. The van der Waals surface area contributed by atoms with E-state index in [4.69, 9.17) is 32.3 Å². The molecule has 0 bridgehead atoms. The lowest BCUT2D eigenvalue weighted by Gasteiger charge is -2.21. The molecule has 18 heteroatoms. The zero-order valence-electron chi connectivity index (χ0n) is 62.4. The molecule has 0 aliphatic rings. The first kappa shape index (κ1) is 95.2. The molecule has 0 aliphatic heterocycles. The molecule has 0 rings (SSSR count). The van der Waals surface area contributed by atoms with E-state index in [0.717, 1.165) is 148 Å². The van der Waals surface area contributed by atoms with Crippen molar-refractivity contribution in [1.82, 2.24) is 0 Å². The third kappa shape index (κ3) is 75.2. The molecular weight excluding hydrogens is 1290 g/mol. The molecule has 0 aromatic heterocycles. The monoisotopic (exact) mass is 1430 g/mol. The molecular formula is C81H142O16P2. The smallest absolute Gasteiger partial charge is 0.463 e. The van der Waals surface area contributed by atoms with Gasteiger partial charge in [-0.3, -0.25) is 32.5 Å². The Bertz CT molecular complexity index is 2240. The highest BCUT2D eigenvalue weighted by Crippen LogP contribution is 2.45. The molecule has 0 spiro atoms. The Morgan fingerprint density at radius 2 is 0.535 bits per heavy atom. The Hall–Kier alpha value is -3.79. The maximum Gasteiger partial charge on any atom is 0.472 e. The van der Waals surface area contributed by atoms with E-state index in [1.165, 1.54) is 122 Å². The van der Waals surface area contributed by atoms with Gasteiger partial charge in [0, 0.05) is 19.3 Å². The summed E-state index contributed by atoms with van der Waals surface area (Å²) in [5, 5.41) is 20.6. The Balaban J connectivity index is 4.51. The van der Waals surface area contributed by atoms with Gasteiger partial charge in [-0.15, -0.1) is 0 Å². The van der Waals surface area contributed by atoms with Gasteiger partial charge in [0.15, 0.2) is 6.10 Å². The minimum absolute atomic E-state index is 0.104. The number of phosphoric acid groups is 2. The van der Waals surface area contributed by atoms with Gasteiger partial charge in [-0.1, -0.05) is 316 Å². The molecule has 0 aromatic carbocycles. The van der Waals surface area contributed by atoms with Crippen LogP contribution in [-0.4, -0.2) is 95.9 Å². The number of aliphatic hydroxyl groups is 2. The van der Waals surface area contributed by atoms with Crippen LogP contribution in [0, 0.1) is 0 Å². The van der Waals surface area contributed by atoms with Gasteiger partial charge < -0.3 is 34.2 Å². The van der Waals surface area contributed by atoms with E-state index in [-0.39, 0.29) is 19.3 Å². The standard InChI is InChI=1S/C81H142O16P2/c1-4-7-10-13-16-19-22-25-28-30-32-33-34-35-36-37-38-39-40-41-43-45-47-49-52-55-58-61-64-67-79(84)91-70-76(82)71-93-98(87,88)94-72-77(83)73-95-99(89,90)96-75-78(97-81(86)69-66-63-60-57-54-51-46-27-24-21-18-15-12-9-6-3)74-92-80(85)68-65-62-59-56-53-50-48-44-42-31-29-26-23-20-17-14-11-8-5-2/h7-8,10-11,16-17,19-20,25-26,28-29,32-33,35-36,42,44,76-78,82-83H,4-6,9,12-15,18,21-24,27,30-31,34,37-41,43,45-75H2,1-3H3,(H,87,88)(H,89,90)/b10-7-,11-8-,19-16-,20-17-,28-25-,29-26-,33-32-,36-35-,44-42-. The Morgan fingerprint density at radius 1 is 0.293 bits per heavy atom. The van der Waals surface area contributed by atoms with E-state index < -0.39 is 91.5 Å². The Labute approximate surface area is 602 Å². The van der Waals surface area contributed by atoms with Gasteiger partial charge in [-0.05, 0) is 103 Å². The lowest BCUT2D eigenvalue weighted by atomic mass is 10.0. The second kappa shape index (κ2) is 73.9. The fraction of sp³-hybridized carbons (Fsp3) is 0.741. The molecule has 0 saturated carbocycles. The summed E-state index contributed by atoms with van der Waals surface area (Å²) in [7, 11) is -9.78. The van der Waals surface area contributed by atoms with Crippen molar-refractivity contribution in [3.05, 3.63) is 109 Å². The summed E-state index contributed by atoms with van der Waals surface area (Å²) in [6, 6.07) is 0. The maximum atomic E-state index is 13.0. The van der Waals surface area contributed by atoms with Crippen molar-refractivity contribution >= 4 is 33.6 Å². The Kier molecular flexibility index (Phi) is 71.1. The summed E-state index contributed by atoms with van der Waals surface area (Å²) in [5.74, 6) is -1.58. The lowest BCUT2D eigenvalue weighted by molar-refractivity contribution is -0.161. The number of carbonyl (C=O) groups excluding carboxylic acids is 3. The zero-order chi connectivity index (χ0) is 72.3. The highest BCUT2D eigenvalue weighted by Gasteiger charge is 2.29. The number of rotatable bonds is 74. The number of aliphatic hydroxyl groups excluding tert-OH is 2. The number of esters is 3. The molecule has 0 saturated heterocycles. The summed E-state index contributed by atoms with van der Waals surface area (Å²) in [6.45, 7) is 2.47. The number of allylic oxidation sites excluding steroid dienone is 18. The first-order chi connectivity index (χ1) is 48.2. The fourth-order valence-electron chi connectivity index (χ4n) is 10.6. The normalized spacial score (nSPS) is 14.6. The number of phosphoric ester groups is 2. The van der Waals surface area contributed by atoms with Gasteiger partial charge in [-0.25, -0.2) is 9.13 Å². The van der Waals surface area contributed by atoms with Crippen LogP contribution < -0.4 is 0 Å². The van der Waals surface area contributed by atoms with Crippen molar-refractivity contribution in [2.75, 3.05) is 39.6 Å². The largest absolute Gasteiger partial charge is 0.472 e. The van der Waals surface area contributed by atoms with Crippen molar-refractivity contribution in [1.29, 1.82) is 0 Å². The average molecular weight is 1430 g/mol. The van der Waals surface area contributed by atoms with E-state index in [0.29, 0.717) is 19.3 Å². The number of unbranched alkanes of at least 4 members (excludes halogenated alkanes) is 33. The van der Waals surface area contributed by atoms with Crippen LogP contribution in [0.25, 0.3) is 0 Å². The first-order valence-corrected chi connectivity index (χ1v) is 42.2. The molecule has 0 amide bonds. The summed E-state index contributed by atoms with van der Waals surface area (Å²) in [5.41, 5.74) is 0. The third-order valence-corrected chi connectivity index (χ3v) is 18.4. The highest BCUT2D eigenvalue weighted by atomic mass is 31.2.